The molecule has 0 N–H and O–H groups in total. The number of methoxy groups -OCH3 is 1. The predicted octanol–water partition coefficient (Wildman–Crippen LogP) is 7.93. The first kappa shape index (κ1) is 30.8. The molecular weight excluding hydrogens is 649 g/mol. The van der Waals surface area contributed by atoms with Crippen molar-refractivity contribution in [3.8, 4) is 16.9 Å². The van der Waals surface area contributed by atoms with Crippen molar-refractivity contribution in [1.29, 1.82) is 0 Å². The molecule has 10 heteroatoms. The number of nitrogens with zero attached hydrogens (tertiary/aromatic N) is 1. The molecule has 0 unspecified atom stereocenters. The predicted molar refractivity (Wildman–Crippen MR) is 157 cm³/mol. The van der Waals surface area contributed by atoms with Crippen LogP contribution < -0.4 is 4.74 Å². The number of amides is 1. The van der Waals surface area contributed by atoms with Gasteiger partial charge >= 0.3 is 12.1 Å². The SMILES string of the molecule is CCCCOC(=O)N1Cc2c(Br)c(-c3cc(F)c4c(c3C)CCCO4)c([C@H](OC(C)(C)C)C(=O)OC)c(Br)c2C1. The van der Waals surface area contributed by atoms with Crippen molar-refractivity contribution in [3.63, 3.8) is 0 Å². The molecule has 40 heavy (non-hydrogen) atoms. The van der Waals surface area contributed by atoms with Crippen LogP contribution in [0.3, 0.4) is 0 Å². The second-order valence-electron chi connectivity index (χ2n) is 11.1. The Labute approximate surface area is 251 Å². The Morgan fingerprint density at radius 2 is 1.82 bits per heavy atom. The maximum Gasteiger partial charge on any atom is 0.410 e. The molecule has 1 amide bonds. The van der Waals surface area contributed by atoms with E-state index in [1.165, 1.54) is 13.2 Å². The van der Waals surface area contributed by atoms with Crippen molar-refractivity contribution in [2.24, 2.45) is 0 Å². The van der Waals surface area contributed by atoms with Crippen molar-refractivity contribution in [3.05, 3.63) is 48.6 Å². The third kappa shape index (κ3) is 6.04. The first-order valence-corrected chi connectivity index (χ1v) is 15.1. The molecule has 2 heterocycles. The maximum atomic E-state index is 15.5. The van der Waals surface area contributed by atoms with Gasteiger partial charge in [0.2, 0.25) is 0 Å². The van der Waals surface area contributed by atoms with E-state index in [2.05, 4.69) is 31.9 Å². The van der Waals surface area contributed by atoms with Gasteiger partial charge in [-0.2, -0.15) is 0 Å². The minimum atomic E-state index is -1.13. The van der Waals surface area contributed by atoms with Gasteiger partial charge in [0.05, 0.1) is 39.0 Å². The van der Waals surface area contributed by atoms with Gasteiger partial charge < -0.3 is 18.9 Å². The standard InChI is InChI=1S/C30H36Br2FNO6/c1-7-8-11-39-29(36)34-14-19-20(15-34)25(32)23(27(28(35)37-6)40-30(3,4)5)22(24(19)31)18-13-21(33)26-17(16(18)2)10-9-12-38-26/h13,27H,7-12,14-15H2,1-6H3/t27-/m0/s1. The van der Waals surface area contributed by atoms with Gasteiger partial charge in [0.25, 0.3) is 0 Å². The number of benzene rings is 2. The van der Waals surface area contributed by atoms with Gasteiger partial charge in [-0.05, 0) is 91.2 Å². The Hall–Kier alpha value is -2.17. The normalized spacial score (nSPS) is 15.3. The molecule has 0 aromatic heterocycles. The minimum Gasteiger partial charge on any atom is -0.490 e. The van der Waals surface area contributed by atoms with Crippen LogP contribution in [0.5, 0.6) is 5.75 Å². The van der Waals surface area contributed by atoms with E-state index in [-0.39, 0.29) is 12.3 Å². The second-order valence-corrected chi connectivity index (χ2v) is 12.7. The van der Waals surface area contributed by atoms with Crippen LogP contribution in [-0.2, 0) is 38.5 Å². The molecule has 1 atom stereocenters. The topological polar surface area (TPSA) is 74.3 Å². The lowest BCUT2D eigenvalue weighted by Gasteiger charge is -2.30. The Morgan fingerprint density at radius 3 is 2.45 bits per heavy atom. The quantitative estimate of drug-likeness (QED) is 0.218. The average Bonchev–Trinajstić information content (AvgIpc) is 3.37. The zero-order chi connectivity index (χ0) is 29.4. The number of carbonyl (C=O) groups is 2. The highest BCUT2D eigenvalue weighted by molar-refractivity contribution is 9.11. The minimum absolute atomic E-state index is 0.279. The fourth-order valence-corrected chi connectivity index (χ4v) is 6.77. The lowest BCUT2D eigenvalue weighted by Crippen LogP contribution is -2.29. The van der Waals surface area contributed by atoms with Crippen LogP contribution >= 0.6 is 31.9 Å². The Morgan fingerprint density at radius 1 is 1.15 bits per heavy atom. The number of ether oxygens (including phenoxy) is 4. The number of carbonyl (C=O) groups excluding carboxylic acids is 2. The number of esters is 1. The molecule has 218 valence electrons. The maximum absolute atomic E-state index is 15.5. The number of rotatable bonds is 7. The summed E-state index contributed by atoms with van der Waals surface area (Å²) in [6.45, 7) is 10.9. The number of hydrogen-bond donors (Lipinski definition) is 0. The van der Waals surface area contributed by atoms with Crippen molar-refractivity contribution >= 4 is 43.9 Å². The van der Waals surface area contributed by atoms with E-state index < -0.39 is 29.6 Å². The molecule has 2 aliphatic heterocycles. The highest BCUT2D eigenvalue weighted by Gasteiger charge is 2.39. The van der Waals surface area contributed by atoms with E-state index in [0.717, 1.165) is 41.5 Å². The van der Waals surface area contributed by atoms with Gasteiger partial charge in [0, 0.05) is 25.6 Å². The summed E-state index contributed by atoms with van der Waals surface area (Å²) in [6.07, 6.45) is 1.63. The Kier molecular flexibility index (Phi) is 9.52. The zero-order valence-electron chi connectivity index (χ0n) is 23.8. The van der Waals surface area contributed by atoms with E-state index in [0.29, 0.717) is 51.8 Å². The third-order valence-electron chi connectivity index (χ3n) is 7.15. The molecule has 0 saturated carbocycles. The number of hydrogen-bond acceptors (Lipinski definition) is 6. The summed E-state index contributed by atoms with van der Waals surface area (Å²) in [4.78, 5) is 27.8. The molecule has 7 nitrogen and oxygen atoms in total. The Bertz CT molecular complexity index is 1320. The van der Waals surface area contributed by atoms with E-state index in [4.69, 9.17) is 18.9 Å². The lowest BCUT2D eigenvalue weighted by atomic mass is 9.86. The summed E-state index contributed by atoms with van der Waals surface area (Å²) in [5.74, 6) is -0.768. The molecule has 0 fully saturated rings. The summed E-state index contributed by atoms with van der Waals surface area (Å²) >= 11 is 7.58. The van der Waals surface area contributed by atoms with E-state index >= 15 is 4.39 Å². The summed E-state index contributed by atoms with van der Waals surface area (Å²) < 4.78 is 39.4. The fourth-order valence-electron chi connectivity index (χ4n) is 5.21. The highest BCUT2D eigenvalue weighted by atomic mass is 79.9. The van der Waals surface area contributed by atoms with Crippen LogP contribution in [0.25, 0.3) is 11.1 Å². The average molecular weight is 685 g/mol. The van der Waals surface area contributed by atoms with Gasteiger partial charge in [0.1, 0.15) is 0 Å². The lowest BCUT2D eigenvalue weighted by molar-refractivity contribution is -0.164. The van der Waals surface area contributed by atoms with Crippen molar-refractivity contribution < 1.29 is 32.9 Å². The molecule has 0 aliphatic carbocycles. The van der Waals surface area contributed by atoms with Crippen LogP contribution in [0, 0.1) is 12.7 Å². The van der Waals surface area contributed by atoms with Gasteiger partial charge in [-0.1, -0.05) is 29.3 Å². The van der Waals surface area contributed by atoms with E-state index in [9.17, 15) is 9.59 Å². The van der Waals surface area contributed by atoms with Gasteiger partial charge in [0.15, 0.2) is 17.7 Å². The van der Waals surface area contributed by atoms with Crippen LogP contribution in [0.15, 0.2) is 15.0 Å². The molecule has 0 saturated heterocycles. The van der Waals surface area contributed by atoms with E-state index in [1.807, 2.05) is 34.6 Å². The van der Waals surface area contributed by atoms with Crippen molar-refractivity contribution in [2.75, 3.05) is 20.3 Å². The number of fused-ring (bicyclic) bond motifs is 2. The zero-order valence-corrected chi connectivity index (χ0v) is 27.0. The van der Waals surface area contributed by atoms with Crippen molar-refractivity contribution in [1.82, 2.24) is 4.90 Å². The Balaban J connectivity index is 1.96. The molecule has 4 rings (SSSR count). The summed E-state index contributed by atoms with van der Waals surface area (Å²) in [7, 11) is 1.31. The van der Waals surface area contributed by atoms with Crippen LogP contribution in [-0.4, -0.2) is 42.9 Å². The largest absolute Gasteiger partial charge is 0.490 e. The van der Waals surface area contributed by atoms with Gasteiger partial charge in [-0.15, -0.1) is 0 Å². The van der Waals surface area contributed by atoms with Crippen LogP contribution in [0.2, 0.25) is 0 Å². The molecule has 2 aromatic carbocycles. The third-order valence-corrected chi connectivity index (χ3v) is 8.93. The van der Waals surface area contributed by atoms with E-state index in [1.54, 1.807) is 4.90 Å². The van der Waals surface area contributed by atoms with Crippen LogP contribution in [0.4, 0.5) is 9.18 Å². The first-order valence-electron chi connectivity index (χ1n) is 13.5. The number of halogens is 3. The molecular formula is C30H36Br2FNO6. The smallest absolute Gasteiger partial charge is 0.410 e. The van der Waals surface area contributed by atoms with Gasteiger partial charge in [-0.3, -0.25) is 4.90 Å². The molecule has 0 spiro atoms. The number of unbranched alkanes of at least 4 members (excludes halogenated alkanes) is 1. The van der Waals surface area contributed by atoms with Crippen molar-refractivity contribution in [2.45, 2.75) is 85.1 Å². The molecule has 0 bridgehead atoms. The molecule has 2 aromatic rings. The van der Waals surface area contributed by atoms with Gasteiger partial charge in [-0.25, -0.2) is 14.0 Å². The first-order chi connectivity index (χ1) is 18.9. The van der Waals surface area contributed by atoms with Crippen LogP contribution in [0.1, 0.15) is 80.9 Å². The second kappa shape index (κ2) is 12.4. The summed E-state index contributed by atoms with van der Waals surface area (Å²) in [5, 5.41) is 0. The monoisotopic (exact) mass is 683 g/mol. The fraction of sp³-hybridized carbons (Fsp3) is 0.533. The summed E-state index contributed by atoms with van der Waals surface area (Å²) in [5.41, 5.74) is 4.36. The molecule has 0 radical (unpaired) electrons. The highest BCUT2D eigenvalue weighted by Crippen LogP contribution is 2.50. The summed E-state index contributed by atoms with van der Waals surface area (Å²) in [6, 6.07) is 1.46. The molecule has 2 aliphatic rings.